The molecule has 1 aromatic carbocycles. The summed E-state index contributed by atoms with van der Waals surface area (Å²) in [5.74, 6) is -0.319. The number of hydrogen-bond acceptors (Lipinski definition) is 6. The number of nitrogens with zero attached hydrogens (tertiary/aromatic N) is 2. The largest absolute Gasteiger partial charge is 0.430 e. The summed E-state index contributed by atoms with van der Waals surface area (Å²) in [5.41, 5.74) is 7.24. The molecule has 0 radical (unpaired) electrons. The molecule has 1 aliphatic heterocycles. The van der Waals surface area contributed by atoms with Crippen LogP contribution in [0, 0.1) is 0 Å². The summed E-state index contributed by atoms with van der Waals surface area (Å²) in [6.07, 6.45) is 0. The van der Waals surface area contributed by atoms with Gasteiger partial charge in [-0.15, -0.1) is 0 Å². The minimum absolute atomic E-state index is 0.0530. The monoisotopic (exact) mass is 309 g/mol. The van der Waals surface area contributed by atoms with Gasteiger partial charge in [0.05, 0.1) is 13.2 Å². The Bertz CT molecular complexity index is 694. The molecule has 1 aromatic heterocycles. The van der Waals surface area contributed by atoms with Gasteiger partial charge in [-0.3, -0.25) is 4.79 Å². The number of oxazole rings is 1. The van der Waals surface area contributed by atoms with Crippen LogP contribution in [0.1, 0.15) is 0 Å². The number of morpholine rings is 1. The molecule has 0 saturated carbocycles. The summed E-state index contributed by atoms with van der Waals surface area (Å²) in [6.45, 7) is 2.08. The van der Waals surface area contributed by atoms with Gasteiger partial charge in [-0.2, -0.15) is 0 Å². The minimum Gasteiger partial charge on any atom is -0.430 e. The number of carbonyl (C=O) groups excluding carboxylic acids is 1. The Balaban J connectivity index is 1.72. The van der Waals surface area contributed by atoms with Crippen LogP contribution in [0.2, 0.25) is 0 Å². The number of hydrogen-bond donors (Lipinski definition) is 1. The van der Waals surface area contributed by atoms with Crippen LogP contribution in [-0.4, -0.2) is 52.1 Å². The number of carbonyl (C=O) groups is 1. The molecule has 1 unspecified atom stereocenters. The van der Waals surface area contributed by atoms with Crippen molar-refractivity contribution in [3.8, 4) is 0 Å². The Hall–Kier alpha value is -1.93. The molecular formula is C13H15N3O4S. The first-order valence-corrected chi connectivity index (χ1v) is 7.85. The molecule has 0 aliphatic carbocycles. The lowest BCUT2D eigenvalue weighted by atomic mass is 10.3. The van der Waals surface area contributed by atoms with E-state index in [1.54, 1.807) is 23.1 Å². The summed E-state index contributed by atoms with van der Waals surface area (Å²) in [4.78, 5) is 17.8. The lowest BCUT2D eigenvalue weighted by Crippen LogP contribution is -2.42. The van der Waals surface area contributed by atoms with Crippen molar-refractivity contribution in [3.05, 3.63) is 18.2 Å². The van der Waals surface area contributed by atoms with E-state index in [9.17, 15) is 9.00 Å². The Labute approximate surface area is 123 Å². The first-order valence-electron chi connectivity index (χ1n) is 6.53. The van der Waals surface area contributed by atoms with Crippen molar-refractivity contribution < 1.29 is 18.2 Å². The third-order valence-electron chi connectivity index (χ3n) is 3.21. The lowest BCUT2D eigenvalue weighted by Gasteiger charge is -2.26. The highest BCUT2D eigenvalue weighted by atomic mass is 32.2. The van der Waals surface area contributed by atoms with Gasteiger partial charge in [-0.05, 0) is 12.1 Å². The quantitative estimate of drug-likeness (QED) is 0.823. The van der Waals surface area contributed by atoms with E-state index in [1.165, 1.54) is 0 Å². The molecule has 1 aliphatic rings. The zero-order valence-electron chi connectivity index (χ0n) is 11.3. The molecule has 7 nitrogen and oxygen atoms in total. The van der Waals surface area contributed by atoms with Crippen molar-refractivity contribution in [2.45, 2.75) is 5.22 Å². The molecule has 8 heteroatoms. The van der Waals surface area contributed by atoms with E-state index in [4.69, 9.17) is 14.9 Å². The molecule has 2 N–H and O–H groups in total. The molecule has 1 atom stereocenters. The van der Waals surface area contributed by atoms with Crippen molar-refractivity contribution in [2.24, 2.45) is 0 Å². The molecule has 2 heterocycles. The lowest BCUT2D eigenvalue weighted by molar-refractivity contribution is -0.132. The number of benzene rings is 1. The van der Waals surface area contributed by atoms with Crippen molar-refractivity contribution in [3.63, 3.8) is 0 Å². The highest BCUT2D eigenvalue weighted by Gasteiger charge is 2.22. The average molecular weight is 309 g/mol. The van der Waals surface area contributed by atoms with Gasteiger partial charge in [0, 0.05) is 24.8 Å². The number of anilines is 1. The topological polar surface area (TPSA) is 98.7 Å². The molecule has 21 heavy (non-hydrogen) atoms. The highest BCUT2D eigenvalue weighted by molar-refractivity contribution is 7.85. The van der Waals surface area contributed by atoms with Crippen molar-refractivity contribution in [2.75, 3.05) is 37.8 Å². The number of aromatic nitrogens is 1. The van der Waals surface area contributed by atoms with E-state index >= 15 is 0 Å². The van der Waals surface area contributed by atoms with E-state index in [1.807, 2.05) is 0 Å². The van der Waals surface area contributed by atoms with Gasteiger partial charge in [0.25, 0.3) is 5.22 Å². The summed E-state index contributed by atoms with van der Waals surface area (Å²) >= 11 is 0. The number of rotatable bonds is 3. The van der Waals surface area contributed by atoms with Crippen LogP contribution in [0.4, 0.5) is 5.69 Å². The molecule has 2 aromatic rings. The van der Waals surface area contributed by atoms with Gasteiger partial charge in [0.15, 0.2) is 5.58 Å². The standard InChI is InChI=1S/C13H15N3O4S/c14-9-1-2-10-11(7-9)20-13(15-10)21(18)8-12(17)16-3-5-19-6-4-16/h1-2,7H,3-6,8,14H2. The van der Waals surface area contributed by atoms with Crippen LogP contribution in [0.15, 0.2) is 27.8 Å². The zero-order valence-corrected chi connectivity index (χ0v) is 12.1. The number of amides is 1. The van der Waals surface area contributed by atoms with Crippen LogP contribution < -0.4 is 5.73 Å². The van der Waals surface area contributed by atoms with Gasteiger partial charge >= 0.3 is 0 Å². The second-order valence-electron chi connectivity index (χ2n) is 4.69. The van der Waals surface area contributed by atoms with Crippen LogP contribution in [0.3, 0.4) is 0 Å². The van der Waals surface area contributed by atoms with E-state index in [2.05, 4.69) is 4.98 Å². The summed E-state index contributed by atoms with van der Waals surface area (Å²) in [7, 11) is -1.61. The number of fused-ring (bicyclic) bond motifs is 1. The number of ether oxygens (including phenoxy) is 1. The van der Waals surface area contributed by atoms with Gasteiger partial charge in [0.2, 0.25) is 5.91 Å². The van der Waals surface area contributed by atoms with Gasteiger partial charge in [-0.1, -0.05) is 0 Å². The molecular weight excluding hydrogens is 294 g/mol. The first kappa shape index (κ1) is 14.0. The van der Waals surface area contributed by atoms with Crippen molar-refractivity contribution in [1.82, 2.24) is 9.88 Å². The van der Waals surface area contributed by atoms with Crippen LogP contribution in [0.25, 0.3) is 11.1 Å². The Morgan fingerprint density at radius 1 is 1.38 bits per heavy atom. The normalized spacial score (nSPS) is 17.0. The van der Waals surface area contributed by atoms with Crippen LogP contribution >= 0.6 is 0 Å². The number of nitrogen functional groups attached to an aromatic ring is 1. The fourth-order valence-electron chi connectivity index (χ4n) is 2.10. The maximum absolute atomic E-state index is 12.2. The van der Waals surface area contributed by atoms with E-state index in [-0.39, 0.29) is 16.9 Å². The summed E-state index contributed by atoms with van der Waals surface area (Å²) in [6, 6.07) is 5.00. The van der Waals surface area contributed by atoms with Crippen molar-refractivity contribution in [1.29, 1.82) is 0 Å². The summed E-state index contributed by atoms with van der Waals surface area (Å²) in [5, 5.41) is 0.0530. The fraction of sp³-hybridized carbons (Fsp3) is 0.385. The summed E-state index contributed by atoms with van der Waals surface area (Å²) < 4.78 is 22.8. The molecule has 112 valence electrons. The van der Waals surface area contributed by atoms with Gasteiger partial charge in [0.1, 0.15) is 22.1 Å². The SMILES string of the molecule is Nc1ccc2nc(S(=O)CC(=O)N3CCOCC3)oc2c1. The minimum atomic E-state index is -1.61. The van der Waals surface area contributed by atoms with Gasteiger partial charge in [-0.25, -0.2) is 9.19 Å². The van der Waals surface area contributed by atoms with Crippen molar-refractivity contribution >= 4 is 33.5 Å². The Kier molecular flexibility index (Phi) is 3.89. The third kappa shape index (κ3) is 3.06. The van der Waals surface area contributed by atoms with Crippen LogP contribution in [-0.2, 0) is 20.3 Å². The molecule has 0 bridgehead atoms. The molecule has 1 saturated heterocycles. The first-order chi connectivity index (χ1) is 10.1. The average Bonchev–Trinajstić information content (AvgIpc) is 2.91. The maximum atomic E-state index is 12.2. The predicted octanol–water partition coefficient (Wildman–Crippen LogP) is 0.376. The second kappa shape index (κ2) is 5.82. The predicted molar refractivity (Wildman–Crippen MR) is 77.1 cm³/mol. The maximum Gasteiger partial charge on any atom is 0.288 e. The second-order valence-corrected chi connectivity index (χ2v) is 6.02. The van der Waals surface area contributed by atoms with E-state index in [0.717, 1.165) is 0 Å². The Morgan fingerprint density at radius 3 is 2.90 bits per heavy atom. The van der Waals surface area contributed by atoms with Crippen LogP contribution in [0.5, 0.6) is 0 Å². The Morgan fingerprint density at radius 2 is 2.14 bits per heavy atom. The van der Waals surface area contributed by atoms with Gasteiger partial charge < -0.3 is 19.8 Å². The third-order valence-corrected chi connectivity index (χ3v) is 4.28. The molecule has 3 rings (SSSR count). The van der Waals surface area contributed by atoms with E-state index in [0.29, 0.717) is 43.1 Å². The molecule has 1 fully saturated rings. The number of nitrogens with two attached hydrogens (primary N) is 1. The highest BCUT2D eigenvalue weighted by Crippen LogP contribution is 2.20. The van der Waals surface area contributed by atoms with E-state index < -0.39 is 10.8 Å². The zero-order chi connectivity index (χ0) is 14.8. The smallest absolute Gasteiger partial charge is 0.288 e. The molecule has 0 spiro atoms. The fourth-order valence-corrected chi connectivity index (χ4v) is 3.01. The molecule has 1 amide bonds.